The van der Waals surface area contributed by atoms with Crippen molar-refractivity contribution in [2.45, 2.75) is 19.5 Å². The number of aromatic nitrogens is 2. The second-order valence-corrected chi connectivity index (χ2v) is 7.97. The van der Waals surface area contributed by atoms with Crippen LogP contribution in [0.5, 0.6) is 5.75 Å². The Labute approximate surface area is 177 Å². The number of rotatable bonds is 8. The highest BCUT2D eigenvalue weighted by Gasteiger charge is 2.12. The van der Waals surface area contributed by atoms with Crippen LogP contribution in [0.4, 0.5) is 0 Å². The van der Waals surface area contributed by atoms with Crippen molar-refractivity contribution < 1.29 is 9.53 Å². The van der Waals surface area contributed by atoms with Gasteiger partial charge in [0.2, 0.25) is 5.91 Å². The molecule has 5 nitrogen and oxygen atoms in total. The zero-order valence-corrected chi connectivity index (χ0v) is 17.2. The van der Waals surface area contributed by atoms with E-state index in [-0.39, 0.29) is 5.91 Å². The van der Waals surface area contributed by atoms with Gasteiger partial charge in [-0.1, -0.05) is 29.8 Å². The molecule has 4 rings (SSSR count). The van der Waals surface area contributed by atoms with Crippen LogP contribution in [0.15, 0.2) is 66.0 Å². The Morgan fingerprint density at radius 3 is 2.72 bits per heavy atom. The zero-order chi connectivity index (χ0) is 20.1. The maximum atomic E-state index is 12.3. The van der Waals surface area contributed by atoms with Crippen molar-refractivity contribution in [1.29, 1.82) is 0 Å². The third-order valence-corrected chi connectivity index (χ3v) is 5.62. The van der Waals surface area contributed by atoms with Crippen molar-refractivity contribution in [1.82, 2.24) is 14.9 Å². The van der Waals surface area contributed by atoms with Gasteiger partial charge in [-0.15, -0.1) is 11.3 Å². The van der Waals surface area contributed by atoms with E-state index in [0.717, 1.165) is 27.5 Å². The Morgan fingerprint density at radius 1 is 1.10 bits per heavy atom. The van der Waals surface area contributed by atoms with Gasteiger partial charge in [0.25, 0.3) is 0 Å². The van der Waals surface area contributed by atoms with E-state index in [1.807, 2.05) is 53.9 Å². The van der Waals surface area contributed by atoms with Crippen LogP contribution in [-0.4, -0.2) is 22.1 Å². The number of nitrogens with zero attached hydrogens (tertiary/aromatic N) is 2. The van der Waals surface area contributed by atoms with Gasteiger partial charge in [0.15, 0.2) is 0 Å². The van der Waals surface area contributed by atoms with Crippen molar-refractivity contribution in [3.8, 4) is 5.75 Å². The average molecular weight is 426 g/mol. The Hall–Kier alpha value is -2.83. The van der Waals surface area contributed by atoms with Gasteiger partial charge in [-0.2, -0.15) is 0 Å². The van der Waals surface area contributed by atoms with Crippen LogP contribution in [0.1, 0.15) is 10.7 Å². The Balaban J connectivity index is 1.43. The van der Waals surface area contributed by atoms with Gasteiger partial charge in [-0.3, -0.25) is 4.79 Å². The fourth-order valence-corrected chi connectivity index (χ4v) is 3.94. The van der Waals surface area contributed by atoms with Crippen LogP contribution in [-0.2, 0) is 24.3 Å². The largest absolute Gasteiger partial charge is 0.492 e. The summed E-state index contributed by atoms with van der Waals surface area (Å²) in [4.78, 5) is 18.0. The summed E-state index contributed by atoms with van der Waals surface area (Å²) in [6.45, 7) is 1.48. The van der Waals surface area contributed by atoms with Crippen LogP contribution in [0.25, 0.3) is 11.0 Å². The number of hydrogen-bond acceptors (Lipinski definition) is 4. The Bertz CT molecular complexity index is 1090. The molecule has 1 N–H and O–H groups in total. The number of imidazole rings is 1. The molecule has 148 valence electrons. The first-order chi connectivity index (χ1) is 14.2. The van der Waals surface area contributed by atoms with Gasteiger partial charge in [-0.05, 0) is 47.8 Å². The van der Waals surface area contributed by atoms with E-state index < -0.39 is 0 Å². The lowest BCUT2D eigenvalue weighted by atomic mass is 10.3. The van der Waals surface area contributed by atoms with Gasteiger partial charge in [0, 0.05) is 9.90 Å². The fraction of sp³-hybridized carbons (Fsp3) is 0.182. The van der Waals surface area contributed by atoms with Crippen molar-refractivity contribution >= 4 is 39.9 Å². The number of carbonyl (C=O) groups is 1. The van der Waals surface area contributed by atoms with Crippen molar-refractivity contribution in [3.63, 3.8) is 0 Å². The molecule has 0 saturated carbocycles. The molecule has 29 heavy (non-hydrogen) atoms. The molecule has 0 spiro atoms. The normalized spacial score (nSPS) is 10.9. The lowest BCUT2D eigenvalue weighted by Crippen LogP contribution is -2.26. The third-order valence-electron chi connectivity index (χ3n) is 4.49. The van der Waals surface area contributed by atoms with E-state index in [2.05, 4.69) is 9.88 Å². The van der Waals surface area contributed by atoms with Gasteiger partial charge in [0.05, 0.1) is 30.5 Å². The minimum atomic E-state index is -0.0107. The van der Waals surface area contributed by atoms with Crippen molar-refractivity contribution in [3.05, 3.63) is 81.8 Å². The first-order valence-corrected chi connectivity index (χ1v) is 10.6. The van der Waals surface area contributed by atoms with Crippen LogP contribution < -0.4 is 10.1 Å². The molecule has 2 aromatic heterocycles. The highest BCUT2D eigenvalue weighted by atomic mass is 35.5. The van der Waals surface area contributed by atoms with Crippen LogP contribution in [0.2, 0.25) is 5.02 Å². The van der Waals surface area contributed by atoms with E-state index in [9.17, 15) is 4.79 Å². The van der Waals surface area contributed by atoms with E-state index in [1.54, 1.807) is 23.5 Å². The quantitative estimate of drug-likeness (QED) is 0.445. The van der Waals surface area contributed by atoms with Crippen LogP contribution in [0.3, 0.4) is 0 Å². The number of halogens is 1. The number of nitrogens with one attached hydrogen (secondary N) is 1. The molecule has 0 bridgehead atoms. The highest BCUT2D eigenvalue weighted by molar-refractivity contribution is 7.10. The maximum Gasteiger partial charge on any atom is 0.225 e. The first-order valence-electron chi connectivity index (χ1n) is 9.30. The monoisotopic (exact) mass is 425 g/mol. The molecule has 2 aromatic carbocycles. The summed E-state index contributed by atoms with van der Waals surface area (Å²) in [7, 11) is 0. The Morgan fingerprint density at radius 2 is 1.93 bits per heavy atom. The molecule has 0 fully saturated rings. The average Bonchev–Trinajstić information content (AvgIpc) is 3.36. The molecule has 4 aromatic rings. The van der Waals surface area contributed by atoms with E-state index in [0.29, 0.717) is 31.1 Å². The molecule has 0 aliphatic rings. The maximum absolute atomic E-state index is 12.3. The number of hydrogen-bond donors (Lipinski definition) is 1. The molecule has 2 heterocycles. The second-order valence-electron chi connectivity index (χ2n) is 6.50. The molecule has 0 aliphatic heterocycles. The SMILES string of the molecule is O=C(Cc1cccs1)NCc1nc2ccccc2n1CCOc1ccc(Cl)cc1. The first kappa shape index (κ1) is 19.5. The standard InChI is InChI=1S/C22H20ClN3O2S/c23-16-7-9-17(10-8-16)28-12-11-26-20-6-2-1-5-19(20)25-21(26)15-24-22(27)14-18-4-3-13-29-18/h1-10,13H,11-12,14-15H2,(H,24,27). The second kappa shape index (κ2) is 9.11. The number of fused-ring (bicyclic) bond motifs is 1. The number of thiophene rings is 1. The van der Waals surface area contributed by atoms with Crippen molar-refractivity contribution in [2.24, 2.45) is 0 Å². The summed E-state index contributed by atoms with van der Waals surface area (Å²) in [6, 6.07) is 19.2. The molecule has 0 radical (unpaired) electrons. The summed E-state index contributed by atoms with van der Waals surface area (Å²) in [5.74, 6) is 1.57. The van der Waals surface area contributed by atoms with E-state index in [4.69, 9.17) is 21.3 Å². The smallest absolute Gasteiger partial charge is 0.225 e. The number of benzene rings is 2. The van der Waals surface area contributed by atoms with Crippen LogP contribution >= 0.6 is 22.9 Å². The van der Waals surface area contributed by atoms with Crippen LogP contribution in [0, 0.1) is 0 Å². The number of para-hydroxylation sites is 2. The van der Waals surface area contributed by atoms with Gasteiger partial charge < -0.3 is 14.6 Å². The van der Waals surface area contributed by atoms with Gasteiger partial charge >= 0.3 is 0 Å². The molecule has 1 amide bonds. The molecular formula is C22H20ClN3O2S. The summed E-state index contributed by atoms with van der Waals surface area (Å²) < 4.78 is 7.93. The molecule has 0 aliphatic carbocycles. The molecule has 0 atom stereocenters. The topological polar surface area (TPSA) is 56.2 Å². The van der Waals surface area contributed by atoms with Gasteiger partial charge in [-0.25, -0.2) is 4.98 Å². The third kappa shape index (κ3) is 4.96. The minimum absolute atomic E-state index is 0.0107. The lowest BCUT2D eigenvalue weighted by Gasteiger charge is -2.11. The number of ether oxygens (including phenoxy) is 1. The fourth-order valence-electron chi connectivity index (χ4n) is 3.11. The predicted molar refractivity (Wildman–Crippen MR) is 117 cm³/mol. The minimum Gasteiger partial charge on any atom is -0.492 e. The summed E-state index contributed by atoms with van der Waals surface area (Å²) >= 11 is 7.50. The highest BCUT2D eigenvalue weighted by Crippen LogP contribution is 2.18. The van der Waals surface area contributed by atoms with E-state index in [1.165, 1.54) is 0 Å². The summed E-state index contributed by atoms with van der Waals surface area (Å²) in [5.41, 5.74) is 1.93. The number of carbonyl (C=O) groups excluding carboxylic acids is 1. The van der Waals surface area contributed by atoms with Crippen molar-refractivity contribution in [2.75, 3.05) is 6.61 Å². The summed E-state index contributed by atoms with van der Waals surface area (Å²) in [6.07, 6.45) is 0.386. The van der Waals surface area contributed by atoms with Gasteiger partial charge in [0.1, 0.15) is 18.2 Å². The Kier molecular flexibility index (Phi) is 6.12. The molecule has 0 saturated heterocycles. The molecular weight excluding hydrogens is 406 g/mol. The molecule has 0 unspecified atom stereocenters. The predicted octanol–water partition coefficient (Wildman–Crippen LogP) is 4.69. The number of amides is 1. The summed E-state index contributed by atoms with van der Waals surface area (Å²) in [5, 5.41) is 5.64. The molecule has 7 heteroatoms. The van der Waals surface area contributed by atoms with E-state index >= 15 is 0 Å². The lowest BCUT2D eigenvalue weighted by molar-refractivity contribution is -0.120. The zero-order valence-electron chi connectivity index (χ0n) is 15.7.